The minimum absolute atomic E-state index is 0.0164. The van der Waals surface area contributed by atoms with Crippen molar-refractivity contribution in [3.8, 4) is 0 Å². The summed E-state index contributed by atoms with van der Waals surface area (Å²) in [6.07, 6.45) is 4.37. The highest BCUT2D eigenvalue weighted by molar-refractivity contribution is 5.94. The van der Waals surface area contributed by atoms with Crippen LogP contribution in [-0.4, -0.2) is 35.0 Å². The maximum atomic E-state index is 12.4. The van der Waals surface area contributed by atoms with Crippen LogP contribution in [0.1, 0.15) is 41.4 Å². The SMILES string of the molecule is CCc1cc(N2CCC(NC(=O)c3ccc(CN)cc3)CC2)ncn1. The summed E-state index contributed by atoms with van der Waals surface area (Å²) in [5.41, 5.74) is 8.36. The summed E-state index contributed by atoms with van der Waals surface area (Å²) in [7, 11) is 0. The number of carbonyl (C=O) groups is 1. The van der Waals surface area contributed by atoms with E-state index in [0.717, 1.165) is 49.4 Å². The molecule has 1 aliphatic heterocycles. The fourth-order valence-corrected chi connectivity index (χ4v) is 3.07. The Morgan fingerprint density at radius 2 is 1.96 bits per heavy atom. The van der Waals surface area contributed by atoms with E-state index < -0.39 is 0 Å². The van der Waals surface area contributed by atoms with E-state index in [4.69, 9.17) is 5.73 Å². The van der Waals surface area contributed by atoms with Gasteiger partial charge >= 0.3 is 0 Å². The van der Waals surface area contributed by atoms with E-state index in [1.54, 1.807) is 6.33 Å². The Morgan fingerprint density at radius 3 is 2.60 bits per heavy atom. The zero-order valence-electron chi connectivity index (χ0n) is 14.6. The molecule has 132 valence electrons. The van der Waals surface area contributed by atoms with Crippen molar-refractivity contribution >= 4 is 11.7 Å². The van der Waals surface area contributed by atoms with Gasteiger partial charge in [-0.2, -0.15) is 0 Å². The van der Waals surface area contributed by atoms with Crippen LogP contribution in [0.2, 0.25) is 0 Å². The average Bonchev–Trinajstić information content (AvgIpc) is 2.68. The monoisotopic (exact) mass is 339 g/mol. The predicted molar refractivity (Wildman–Crippen MR) is 98.4 cm³/mol. The normalized spacial score (nSPS) is 15.2. The first-order valence-electron chi connectivity index (χ1n) is 8.85. The molecular weight excluding hydrogens is 314 g/mol. The maximum absolute atomic E-state index is 12.4. The molecule has 1 saturated heterocycles. The first kappa shape index (κ1) is 17.4. The summed E-state index contributed by atoms with van der Waals surface area (Å²) in [4.78, 5) is 23.3. The average molecular weight is 339 g/mol. The molecule has 6 nitrogen and oxygen atoms in total. The van der Waals surface area contributed by atoms with Gasteiger partial charge in [0.1, 0.15) is 12.1 Å². The molecule has 3 N–H and O–H groups in total. The van der Waals surface area contributed by atoms with Crippen LogP contribution in [0.4, 0.5) is 5.82 Å². The topological polar surface area (TPSA) is 84.1 Å². The lowest BCUT2D eigenvalue weighted by Gasteiger charge is -2.33. The van der Waals surface area contributed by atoms with Gasteiger partial charge in [0.15, 0.2) is 0 Å². The van der Waals surface area contributed by atoms with Crippen LogP contribution in [0.5, 0.6) is 0 Å². The standard InChI is InChI=1S/C19H25N5O/c1-2-16-11-18(22-13-21-16)24-9-7-17(8-10-24)23-19(25)15-5-3-14(12-20)4-6-15/h3-6,11,13,17H,2,7-10,12,20H2,1H3,(H,23,25). The summed E-state index contributed by atoms with van der Waals surface area (Å²) < 4.78 is 0. The number of hydrogen-bond acceptors (Lipinski definition) is 5. The minimum Gasteiger partial charge on any atom is -0.356 e. The number of rotatable bonds is 5. The van der Waals surface area contributed by atoms with E-state index in [-0.39, 0.29) is 11.9 Å². The molecule has 1 aliphatic rings. The summed E-state index contributed by atoms with van der Waals surface area (Å²) in [5.74, 6) is 0.964. The lowest BCUT2D eigenvalue weighted by Crippen LogP contribution is -2.45. The Balaban J connectivity index is 1.54. The molecule has 3 rings (SSSR count). The van der Waals surface area contributed by atoms with Gasteiger partial charge in [-0.05, 0) is 37.0 Å². The molecule has 2 heterocycles. The third-order valence-corrected chi connectivity index (χ3v) is 4.68. The van der Waals surface area contributed by atoms with Crippen molar-refractivity contribution in [2.75, 3.05) is 18.0 Å². The molecule has 2 aromatic rings. The van der Waals surface area contributed by atoms with E-state index in [0.29, 0.717) is 12.1 Å². The number of nitrogens with two attached hydrogens (primary N) is 1. The van der Waals surface area contributed by atoms with Crippen LogP contribution in [-0.2, 0) is 13.0 Å². The highest BCUT2D eigenvalue weighted by atomic mass is 16.1. The molecule has 1 amide bonds. The highest BCUT2D eigenvalue weighted by Crippen LogP contribution is 2.18. The smallest absolute Gasteiger partial charge is 0.251 e. The Hall–Kier alpha value is -2.47. The number of benzene rings is 1. The van der Waals surface area contributed by atoms with Crippen LogP contribution in [0.3, 0.4) is 0 Å². The van der Waals surface area contributed by atoms with Crippen molar-refractivity contribution in [3.05, 3.63) is 53.5 Å². The predicted octanol–water partition coefficient (Wildman–Crippen LogP) is 1.90. The second-order valence-electron chi connectivity index (χ2n) is 6.36. The molecule has 0 unspecified atom stereocenters. The first-order chi connectivity index (χ1) is 12.2. The van der Waals surface area contributed by atoms with Gasteiger partial charge in [-0.1, -0.05) is 19.1 Å². The van der Waals surface area contributed by atoms with Crippen molar-refractivity contribution in [1.82, 2.24) is 15.3 Å². The molecule has 1 aromatic carbocycles. The van der Waals surface area contributed by atoms with E-state index in [9.17, 15) is 4.79 Å². The van der Waals surface area contributed by atoms with E-state index in [2.05, 4.69) is 33.2 Å². The van der Waals surface area contributed by atoms with Crippen molar-refractivity contribution in [2.45, 2.75) is 38.8 Å². The van der Waals surface area contributed by atoms with Gasteiger partial charge in [-0.25, -0.2) is 9.97 Å². The van der Waals surface area contributed by atoms with Crippen molar-refractivity contribution in [1.29, 1.82) is 0 Å². The number of nitrogens with one attached hydrogen (secondary N) is 1. The summed E-state index contributed by atoms with van der Waals surface area (Å²) >= 11 is 0. The molecule has 0 saturated carbocycles. The minimum atomic E-state index is -0.0164. The van der Waals surface area contributed by atoms with Gasteiger partial charge in [-0.3, -0.25) is 4.79 Å². The quantitative estimate of drug-likeness (QED) is 0.869. The van der Waals surface area contributed by atoms with Crippen LogP contribution in [0.15, 0.2) is 36.7 Å². The summed E-state index contributed by atoms with van der Waals surface area (Å²) in [6.45, 7) is 4.35. The number of aromatic nitrogens is 2. The Kier molecular flexibility index (Phi) is 5.60. The molecule has 1 aromatic heterocycles. The molecule has 0 bridgehead atoms. The number of anilines is 1. The van der Waals surface area contributed by atoms with Gasteiger partial charge in [-0.15, -0.1) is 0 Å². The Labute approximate surface area is 148 Å². The molecule has 0 aliphatic carbocycles. The van der Waals surface area contributed by atoms with E-state index in [1.807, 2.05) is 24.3 Å². The van der Waals surface area contributed by atoms with E-state index >= 15 is 0 Å². The molecule has 6 heteroatoms. The maximum Gasteiger partial charge on any atom is 0.251 e. The van der Waals surface area contributed by atoms with Crippen molar-refractivity contribution in [2.24, 2.45) is 5.73 Å². The van der Waals surface area contributed by atoms with Crippen molar-refractivity contribution in [3.63, 3.8) is 0 Å². The van der Waals surface area contributed by atoms with Crippen LogP contribution in [0, 0.1) is 0 Å². The fourth-order valence-electron chi connectivity index (χ4n) is 3.07. The van der Waals surface area contributed by atoms with Crippen LogP contribution >= 0.6 is 0 Å². The third kappa shape index (κ3) is 4.33. The van der Waals surface area contributed by atoms with Gasteiger partial charge in [0, 0.05) is 43.0 Å². The first-order valence-corrected chi connectivity index (χ1v) is 8.85. The number of amides is 1. The van der Waals surface area contributed by atoms with Crippen LogP contribution in [0.25, 0.3) is 0 Å². The molecule has 1 fully saturated rings. The van der Waals surface area contributed by atoms with Crippen molar-refractivity contribution < 1.29 is 4.79 Å². The number of hydrogen-bond donors (Lipinski definition) is 2. The highest BCUT2D eigenvalue weighted by Gasteiger charge is 2.22. The largest absolute Gasteiger partial charge is 0.356 e. The van der Waals surface area contributed by atoms with E-state index in [1.165, 1.54) is 0 Å². The second-order valence-corrected chi connectivity index (χ2v) is 6.36. The van der Waals surface area contributed by atoms with Crippen LogP contribution < -0.4 is 16.0 Å². The van der Waals surface area contributed by atoms with Gasteiger partial charge in [0.25, 0.3) is 5.91 Å². The fraction of sp³-hybridized carbons (Fsp3) is 0.421. The zero-order chi connectivity index (χ0) is 17.6. The Bertz CT molecular complexity index is 708. The number of carbonyl (C=O) groups excluding carboxylic acids is 1. The lowest BCUT2D eigenvalue weighted by atomic mass is 10.0. The number of aryl methyl sites for hydroxylation is 1. The summed E-state index contributed by atoms with van der Waals surface area (Å²) in [5, 5.41) is 3.14. The third-order valence-electron chi connectivity index (χ3n) is 4.68. The molecule has 0 radical (unpaired) electrons. The molecule has 25 heavy (non-hydrogen) atoms. The van der Waals surface area contributed by atoms with Gasteiger partial charge in [0.05, 0.1) is 0 Å². The van der Waals surface area contributed by atoms with Gasteiger partial charge < -0.3 is 16.0 Å². The van der Waals surface area contributed by atoms with Gasteiger partial charge in [0.2, 0.25) is 0 Å². The number of piperidine rings is 1. The lowest BCUT2D eigenvalue weighted by molar-refractivity contribution is 0.0931. The zero-order valence-corrected chi connectivity index (χ0v) is 14.6. The number of nitrogens with zero attached hydrogens (tertiary/aromatic N) is 3. The molecular formula is C19H25N5O. The molecule has 0 spiro atoms. The molecule has 0 atom stereocenters. The summed E-state index contributed by atoms with van der Waals surface area (Å²) in [6, 6.07) is 9.72. The second kappa shape index (κ2) is 8.07. The Morgan fingerprint density at radius 1 is 1.24 bits per heavy atom.